The molecule has 1 aliphatic heterocycles. The Bertz CT molecular complexity index is 1010. The topological polar surface area (TPSA) is 71.5 Å². The van der Waals surface area contributed by atoms with E-state index in [1.807, 2.05) is 0 Å². The van der Waals surface area contributed by atoms with Gasteiger partial charge in [-0.3, -0.25) is 4.31 Å². The van der Waals surface area contributed by atoms with Crippen molar-refractivity contribution in [1.82, 2.24) is 0 Å². The zero-order valence-electron chi connectivity index (χ0n) is 12.7. The number of sulfone groups is 1. The van der Waals surface area contributed by atoms with Gasteiger partial charge in [0.05, 0.1) is 22.4 Å². The molecule has 25 heavy (non-hydrogen) atoms. The van der Waals surface area contributed by atoms with Crippen molar-refractivity contribution in [3.05, 3.63) is 70.1 Å². The van der Waals surface area contributed by atoms with E-state index in [0.717, 1.165) is 9.71 Å². The van der Waals surface area contributed by atoms with Gasteiger partial charge in [-0.1, -0.05) is 23.2 Å². The molecule has 1 heterocycles. The standard InChI is InChI=1S/C16H13Cl2NO4S2/c17-12-1-5-14(6-2-12)19(15-9-10-24(20,21)11-15)25(22,23)16-7-3-13(18)4-8-16/h1-10,15H,11H2/t15-/m1/s1. The van der Waals surface area contributed by atoms with E-state index in [1.165, 1.54) is 42.5 Å². The summed E-state index contributed by atoms with van der Waals surface area (Å²) in [6.07, 6.45) is 1.37. The third-order valence-corrected chi connectivity index (χ3v) is 7.41. The molecule has 0 amide bonds. The molecule has 0 bridgehead atoms. The molecule has 0 fully saturated rings. The molecule has 9 heteroatoms. The van der Waals surface area contributed by atoms with Crippen LogP contribution in [0, 0.1) is 0 Å². The summed E-state index contributed by atoms with van der Waals surface area (Å²) in [6.45, 7) is 0. The third-order valence-electron chi connectivity index (χ3n) is 3.66. The van der Waals surface area contributed by atoms with Crippen LogP contribution in [-0.4, -0.2) is 28.6 Å². The van der Waals surface area contributed by atoms with Gasteiger partial charge in [-0.05, 0) is 54.6 Å². The van der Waals surface area contributed by atoms with Gasteiger partial charge in [0.15, 0.2) is 9.84 Å². The van der Waals surface area contributed by atoms with E-state index >= 15 is 0 Å². The molecule has 0 N–H and O–H groups in total. The van der Waals surface area contributed by atoms with Gasteiger partial charge in [0.25, 0.3) is 10.0 Å². The van der Waals surface area contributed by atoms with E-state index in [-0.39, 0.29) is 10.6 Å². The molecular weight excluding hydrogens is 405 g/mol. The van der Waals surface area contributed by atoms with Gasteiger partial charge in [0.2, 0.25) is 0 Å². The Hall–Kier alpha value is -1.54. The summed E-state index contributed by atoms with van der Waals surface area (Å²) in [6, 6.07) is 11.0. The van der Waals surface area contributed by atoms with E-state index in [1.54, 1.807) is 12.1 Å². The first-order valence-corrected chi connectivity index (χ1v) is 11.1. The molecule has 1 atom stereocenters. The second-order valence-corrected chi connectivity index (χ2v) is 10.1. The molecule has 5 nitrogen and oxygen atoms in total. The highest BCUT2D eigenvalue weighted by Crippen LogP contribution is 2.30. The quantitative estimate of drug-likeness (QED) is 0.762. The normalized spacial score (nSPS) is 19.0. The maximum atomic E-state index is 13.1. The van der Waals surface area contributed by atoms with Gasteiger partial charge >= 0.3 is 0 Å². The van der Waals surface area contributed by atoms with Crippen LogP contribution in [-0.2, 0) is 19.9 Å². The smallest absolute Gasteiger partial charge is 0.258 e. The fourth-order valence-corrected chi connectivity index (χ4v) is 5.74. The number of anilines is 1. The van der Waals surface area contributed by atoms with Crippen LogP contribution < -0.4 is 4.31 Å². The predicted molar refractivity (Wildman–Crippen MR) is 99.3 cm³/mol. The highest BCUT2D eigenvalue weighted by molar-refractivity contribution is 7.95. The summed E-state index contributed by atoms with van der Waals surface area (Å²) >= 11 is 11.7. The van der Waals surface area contributed by atoms with Crippen molar-refractivity contribution >= 4 is 48.7 Å². The summed E-state index contributed by atoms with van der Waals surface area (Å²) in [7, 11) is -7.44. The summed E-state index contributed by atoms with van der Waals surface area (Å²) < 4.78 is 51.0. The molecule has 0 aromatic heterocycles. The van der Waals surface area contributed by atoms with Gasteiger partial charge in [-0.2, -0.15) is 0 Å². The lowest BCUT2D eigenvalue weighted by Gasteiger charge is -2.29. The van der Waals surface area contributed by atoms with Crippen molar-refractivity contribution in [1.29, 1.82) is 0 Å². The molecule has 0 saturated heterocycles. The van der Waals surface area contributed by atoms with Crippen LogP contribution in [0.25, 0.3) is 0 Å². The second-order valence-electron chi connectivity index (χ2n) is 5.46. The lowest BCUT2D eigenvalue weighted by atomic mass is 10.2. The van der Waals surface area contributed by atoms with Gasteiger partial charge in [-0.25, -0.2) is 16.8 Å². The molecule has 1 aliphatic rings. The molecule has 0 radical (unpaired) electrons. The molecular formula is C16H13Cl2NO4S2. The monoisotopic (exact) mass is 417 g/mol. The Balaban J connectivity index is 2.12. The zero-order chi connectivity index (χ0) is 18.2. The van der Waals surface area contributed by atoms with Crippen LogP contribution in [0.1, 0.15) is 0 Å². The fraction of sp³-hybridized carbons (Fsp3) is 0.125. The first-order chi connectivity index (χ1) is 11.7. The third kappa shape index (κ3) is 3.84. The molecule has 0 spiro atoms. The lowest BCUT2D eigenvalue weighted by molar-refractivity contribution is 0.586. The maximum absolute atomic E-state index is 13.1. The van der Waals surface area contributed by atoms with Gasteiger partial charge in [0.1, 0.15) is 0 Å². The first kappa shape index (κ1) is 18.3. The Kier molecular flexibility index (Phi) is 4.85. The zero-order valence-corrected chi connectivity index (χ0v) is 15.9. The molecule has 0 saturated carbocycles. The number of halogens is 2. The summed E-state index contributed by atoms with van der Waals surface area (Å²) in [5, 5.41) is 1.89. The van der Waals surface area contributed by atoms with Gasteiger partial charge in [-0.15, -0.1) is 0 Å². The Morgan fingerprint density at radius 1 is 0.920 bits per heavy atom. The van der Waals surface area contributed by atoms with E-state index in [4.69, 9.17) is 23.2 Å². The molecule has 132 valence electrons. The molecule has 0 aliphatic carbocycles. The maximum Gasteiger partial charge on any atom is 0.264 e. The number of benzene rings is 2. The van der Waals surface area contributed by atoms with Crippen LogP contribution in [0.2, 0.25) is 10.0 Å². The predicted octanol–water partition coefficient (Wildman–Crippen LogP) is 3.50. The van der Waals surface area contributed by atoms with Crippen LogP contribution in [0.5, 0.6) is 0 Å². The highest BCUT2D eigenvalue weighted by atomic mass is 35.5. The van der Waals surface area contributed by atoms with E-state index in [9.17, 15) is 16.8 Å². The summed E-state index contributed by atoms with van der Waals surface area (Å²) in [5.41, 5.74) is 0.325. The minimum Gasteiger partial charge on any atom is -0.258 e. The molecule has 0 unspecified atom stereocenters. The van der Waals surface area contributed by atoms with Crippen molar-refractivity contribution in [3.8, 4) is 0 Å². The average molecular weight is 418 g/mol. The van der Waals surface area contributed by atoms with Crippen LogP contribution in [0.4, 0.5) is 5.69 Å². The number of sulfonamides is 1. The van der Waals surface area contributed by atoms with Crippen molar-refractivity contribution in [3.63, 3.8) is 0 Å². The van der Waals surface area contributed by atoms with Crippen LogP contribution >= 0.6 is 23.2 Å². The SMILES string of the molecule is O=S1(=O)C=C[C@@H](N(c2ccc(Cl)cc2)S(=O)(=O)c2ccc(Cl)cc2)C1. The summed E-state index contributed by atoms with van der Waals surface area (Å²) in [4.78, 5) is 0.0181. The average Bonchev–Trinajstić information content (AvgIpc) is 2.89. The molecule has 2 aromatic rings. The largest absolute Gasteiger partial charge is 0.264 e. The summed E-state index contributed by atoms with van der Waals surface area (Å²) in [5.74, 6) is -0.317. The van der Waals surface area contributed by atoms with Gasteiger partial charge in [0, 0.05) is 15.5 Å². The fourth-order valence-electron chi connectivity index (χ4n) is 2.52. The number of rotatable bonds is 4. The van der Waals surface area contributed by atoms with Crippen LogP contribution in [0.3, 0.4) is 0 Å². The Labute approximate surface area is 156 Å². The number of hydrogen-bond donors (Lipinski definition) is 0. The second kappa shape index (κ2) is 6.64. The van der Waals surface area contributed by atoms with Crippen LogP contribution in [0.15, 0.2) is 64.9 Å². The number of nitrogens with zero attached hydrogens (tertiary/aromatic N) is 1. The highest BCUT2D eigenvalue weighted by Gasteiger charge is 2.35. The minimum atomic E-state index is -4.00. The Morgan fingerprint density at radius 3 is 1.92 bits per heavy atom. The van der Waals surface area contributed by atoms with Crippen molar-refractivity contribution in [2.75, 3.05) is 10.1 Å². The minimum absolute atomic E-state index is 0.0181. The van der Waals surface area contributed by atoms with Crippen molar-refractivity contribution in [2.24, 2.45) is 0 Å². The number of hydrogen-bond acceptors (Lipinski definition) is 4. The lowest BCUT2D eigenvalue weighted by Crippen LogP contribution is -2.41. The van der Waals surface area contributed by atoms with E-state index in [0.29, 0.717) is 15.7 Å². The van der Waals surface area contributed by atoms with Crippen molar-refractivity contribution in [2.45, 2.75) is 10.9 Å². The first-order valence-electron chi connectivity index (χ1n) is 7.16. The Morgan fingerprint density at radius 2 is 1.44 bits per heavy atom. The van der Waals surface area contributed by atoms with Crippen molar-refractivity contribution < 1.29 is 16.8 Å². The van der Waals surface area contributed by atoms with Gasteiger partial charge < -0.3 is 0 Å². The molecule has 3 rings (SSSR count). The van der Waals surface area contributed by atoms with E-state index in [2.05, 4.69) is 0 Å². The van der Waals surface area contributed by atoms with E-state index < -0.39 is 25.9 Å². The molecule has 2 aromatic carbocycles.